The van der Waals surface area contributed by atoms with Crippen molar-refractivity contribution in [3.8, 4) is 0 Å². The van der Waals surface area contributed by atoms with Crippen molar-refractivity contribution in [3.05, 3.63) is 0 Å². The molecule has 86 valence electrons. The van der Waals surface area contributed by atoms with Crippen LogP contribution in [0.4, 0.5) is 0 Å². The normalized spacial score (nSPS) is 22.4. The third-order valence-corrected chi connectivity index (χ3v) is 2.85. The molecule has 0 saturated carbocycles. The maximum absolute atomic E-state index is 11.9. The Morgan fingerprint density at radius 2 is 2.27 bits per heavy atom. The third kappa shape index (κ3) is 2.68. The summed E-state index contributed by atoms with van der Waals surface area (Å²) in [6, 6.07) is -0.900. The number of nitrogens with one attached hydrogen (secondary N) is 1. The molecule has 0 aromatic rings. The first kappa shape index (κ1) is 12.0. The number of aliphatic carboxylic acids is 1. The minimum atomic E-state index is -0.939. The summed E-state index contributed by atoms with van der Waals surface area (Å²) in [7, 11) is 1.56. The highest BCUT2D eigenvalue weighted by Crippen LogP contribution is 2.11. The average Bonchev–Trinajstić information content (AvgIpc) is 2.69. The highest BCUT2D eigenvalue weighted by Gasteiger charge is 2.31. The van der Waals surface area contributed by atoms with E-state index in [1.807, 2.05) is 0 Å². The van der Waals surface area contributed by atoms with E-state index in [2.05, 4.69) is 5.32 Å². The Bertz CT molecular complexity index is 249. The van der Waals surface area contributed by atoms with Gasteiger partial charge in [0, 0.05) is 7.05 Å². The van der Waals surface area contributed by atoms with E-state index in [1.165, 1.54) is 4.90 Å². The molecule has 1 fully saturated rings. The first-order valence-corrected chi connectivity index (χ1v) is 5.30. The lowest BCUT2D eigenvalue weighted by atomic mass is 10.1. The first-order valence-electron chi connectivity index (χ1n) is 5.30. The summed E-state index contributed by atoms with van der Waals surface area (Å²) in [4.78, 5) is 24.1. The highest BCUT2D eigenvalue weighted by atomic mass is 16.4. The van der Waals surface area contributed by atoms with Gasteiger partial charge in [0.25, 0.3) is 0 Å². The van der Waals surface area contributed by atoms with Gasteiger partial charge in [0.15, 0.2) is 0 Å². The molecule has 0 bridgehead atoms. The van der Waals surface area contributed by atoms with Crippen molar-refractivity contribution in [2.24, 2.45) is 0 Å². The van der Waals surface area contributed by atoms with Crippen molar-refractivity contribution in [2.75, 3.05) is 13.6 Å². The van der Waals surface area contributed by atoms with Crippen molar-refractivity contribution >= 4 is 11.9 Å². The minimum absolute atomic E-state index is 0.109. The van der Waals surface area contributed by atoms with E-state index in [0.29, 0.717) is 6.42 Å². The van der Waals surface area contributed by atoms with Gasteiger partial charge in [0.1, 0.15) is 6.04 Å². The van der Waals surface area contributed by atoms with Gasteiger partial charge in [-0.1, -0.05) is 6.92 Å². The predicted octanol–water partition coefficient (Wildman–Crippen LogP) is 0.0600. The Kier molecular flexibility index (Phi) is 4.08. The van der Waals surface area contributed by atoms with Gasteiger partial charge in [0.2, 0.25) is 5.91 Å². The second kappa shape index (κ2) is 5.11. The van der Waals surface area contributed by atoms with Crippen molar-refractivity contribution in [3.63, 3.8) is 0 Å². The maximum Gasteiger partial charge on any atom is 0.326 e. The number of carboxylic acids is 1. The van der Waals surface area contributed by atoms with Crippen LogP contribution in [0.1, 0.15) is 26.2 Å². The molecule has 1 amide bonds. The Hall–Kier alpha value is -1.10. The van der Waals surface area contributed by atoms with E-state index < -0.39 is 12.0 Å². The fraction of sp³-hybridized carbons (Fsp3) is 0.800. The standard InChI is InChI=1S/C10H18N2O3/c1-3-8(10(14)15)12(2)9(13)7-5-4-6-11-7/h7-8,11H,3-6H2,1-2H3,(H,14,15)/t7-,8?/m1/s1. The molecule has 0 aromatic heterocycles. The summed E-state index contributed by atoms with van der Waals surface area (Å²) in [5.41, 5.74) is 0. The number of nitrogens with zero attached hydrogens (tertiary/aromatic N) is 1. The molecule has 5 nitrogen and oxygen atoms in total. The average molecular weight is 214 g/mol. The molecule has 0 aromatic carbocycles. The first-order chi connectivity index (χ1) is 7.07. The molecule has 1 heterocycles. The van der Waals surface area contributed by atoms with Gasteiger partial charge in [-0.2, -0.15) is 0 Å². The Morgan fingerprint density at radius 1 is 1.60 bits per heavy atom. The lowest BCUT2D eigenvalue weighted by Gasteiger charge is -2.26. The van der Waals surface area contributed by atoms with Crippen LogP contribution in [0.3, 0.4) is 0 Å². The fourth-order valence-corrected chi connectivity index (χ4v) is 1.91. The lowest BCUT2D eigenvalue weighted by Crippen LogP contribution is -2.49. The number of likely N-dealkylation sites (N-methyl/N-ethyl adjacent to an activating group) is 1. The van der Waals surface area contributed by atoms with Crippen molar-refractivity contribution < 1.29 is 14.7 Å². The zero-order chi connectivity index (χ0) is 11.4. The number of amides is 1. The molecule has 15 heavy (non-hydrogen) atoms. The molecular formula is C10H18N2O3. The van der Waals surface area contributed by atoms with Crippen LogP contribution < -0.4 is 5.32 Å². The monoisotopic (exact) mass is 214 g/mol. The van der Waals surface area contributed by atoms with Crippen LogP contribution in [-0.4, -0.2) is 47.6 Å². The van der Waals surface area contributed by atoms with Gasteiger partial charge in [-0.15, -0.1) is 0 Å². The molecule has 0 aliphatic carbocycles. The summed E-state index contributed by atoms with van der Waals surface area (Å²) in [5.74, 6) is -1.05. The number of carbonyl (C=O) groups excluding carboxylic acids is 1. The van der Waals surface area contributed by atoms with Crippen LogP contribution in [0, 0.1) is 0 Å². The van der Waals surface area contributed by atoms with Crippen molar-refractivity contribution in [1.82, 2.24) is 10.2 Å². The molecule has 1 rings (SSSR count). The third-order valence-electron chi connectivity index (χ3n) is 2.85. The second-order valence-corrected chi connectivity index (χ2v) is 3.86. The van der Waals surface area contributed by atoms with E-state index in [-0.39, 0.29) is 11.9 Å². The molecule has 0 spiro atoms. The lowest BCUT2D eigenvalue weighted by molar-refractivity contribution is -0.149. The second-order valence-electron chi connectivity index (χ2n) is 3.86. The molecule has 5 heteroatoms. The van der Waals surface area contributed by atoms with E-state index in [9.17, 15) is 9.59 Å². The molecule has 2 N–H and O–H groups in total. The maximum atomic E-state index is 11.9. The van der Waals surface area contributed by atoms with Gasteiger partial charge in [-0.05, 0) is 25.8 Å². The Balaban J connectivity index is 2.60. The number of carbonyl (C=O) groups is 2. The largest absolute Gasteiger partial charge is 0.480 e. The van der Waals surface area contributed by atoms with Crippen LogP contribution in [0.15, 0.2) is 0 Å². The van der Waals surface area contributed by atoms with Crippen LogP contribution >= 0.6 is 0 Å². The summed E-state index contributed by atoms with van der Waals surface area (Å²) < 4.78 is 0. The van der Waals surface area contributed by atoms with Gasteiger partial charge >= 0.3 is 5.97 Å². The summed E-state index contributed by atoms with van der Waals surface area (Å²) >= 11 is 0. The molecule has 0 radical (unpaired) electrons. The zero-order valence-electron chi connectivity index (χ0n) is 9.19. The van der Waals surface area contributed by atoms with Crippen LogP contribution in [-0.2, 0) is 9.59 Å². The van der Waals surface area contributed by atoms with E-state index in [1.54, 1.807) is 14.0 Å². The van der Waals surface area contributed by atoms with Crippen LogP contribution in [0.25, 0.3) is 0 Å². The van der Waals surface area contributed by atoms with Crippen LogP contribution in [0.2, 0.25) is 0 Å². The Morgan fingerprint density at radius 3 is 2.67 bits per heavy atom. The van der Waals surface area contributed by atoms with Gasteiger partial charge in [-0.25, -0.2) is 4.79 Å². The summed E-state index contributed by atoms with van der Waals surface area (Å²) in [5, 5.41) is 12.0. The molecule has 1 aliphatic rings. The summed E-state index contributed by atoms with van der Waals surface area (Å²) in [6.07, 6.45) is 2.22. The fourth-order valence-electron chi connectivity index (χ4n) is 1.91. The highest BCUT2D eigenvalue weighted by molar-refractivity contribution is 5.86. The van der Waals surface area contributed by atoms with Crippen molar-refractivity contribution in [2.45, 2.75) is 38.3 Å². The van der Waals surface area contributed by atoms with E-state index >= 15 is 0 Å². The smallest absolute Gasteiger partial charge is 0.326 e. The number of hydrogen-bond acceptors (Lipinski definition) is 3. The molecule has 1 unspecified atom stereocenters. The number of rotatable bonds is 4. The number of carboxylic acid groups (broad SMARTS) is 1. The van der Waals surface area contributed by atoms with Crippen molar-refractivity contribution in [1.29, 1.82) is 0 Å². The van der Waals surface area contributed by atoms with E-state index in [0.717, 1.165) is 19.4 Å². The topological polar surface area (TPSA) is 69.6 Å². The molecule has 2 atom stereocenters. The zero-order valence-corrected chi connectivity index (χ0v) is 9.19. The van der Waals surface area contributed by atoms with Gasteiger partial charge in [-0.3, -0.25) is 4.79 Å². The number of hydrogen-bond donors (Lipinski definition) is 2. The minimum Gasteiger partial charge on any atom is -0.480 e. The predicted molar refractivity (Wildman–Crippen MR) is 55.5 cm³/mol. The SMILES string of the molecule is CCC(C(=O)O)N(C)C(=O)[C@H]1CCCN1. The molecule has 1 saturated heterocycles. The molecule has 1 aliphatic heterocycles. The quantitative estimate of drug-likeness (QED) is 0.694. The Labute approximate surface area is 89.4 Å². The van der Waals surface area contributed by atoms with Crippen LogP contribution in [0.5, 0.6) is 0 Å². The van der Waals surface area contributed by atoms with E-state index in [4.69, 9.17) is 5.11 Å². The molecular weight excluding hydrogens is 196 g/mol. The summed E-state index contributed by atoms with van der Waals surface area (Å²) in [6.45, 7) is 2.61. The van der Waals surface area contributed by atoms with Gasteiger partial charge in [0.05, 0.1) is 6.04 Å². The van der Waals surface area contributed by atoms with Gasteiger partial charge < -0.3 is 15.3 Å².